The number of Topliss-reactive ketones (excluding diaryl/α,β-unsaturated/α-hetero) is 1. The van der Waals surface area contributed by atoms with Crippen molar-refractivity contribution < 1.29 is 4.79 Å². The molecule has 1 aliphatic heterocycles. The van der Waals surface area contributed by atoms with Crippen molar-refractivity contribution in [1.29, 1.82) is 0 Å². The van der Waals surface area contributed by atoms with Gasteiger partial charge in [-0.05, 0) is 50.8 Å². The Labute approximate surface area is 217 Å². The molecule has 1 fully saturated rings. The summed E-state index contributed by atoms with van der Waals surface area (Å²) in [6.07, 6.45) is 4.14. The number of hydrogen-bond acceptors (Lipinski definition) is 2. The molecule has 2 heteroatoms. The molecule has 0 radical (unpaired) electrons. The van der Waals surface area contributed by atoms with Gasteiger partial charge in [-0.3, -0.25) is 9.69 Å². The maximum atomic E-state index is 13.6. The van der Waals surface area contributed by atoms with E-state index in [2.05, 4.69) is 131 Å². The van der Waals surface area contributed by atoms with Gasteiger partial charge in [0.15, 0.2) is 5.78 Å². The number of hydrogen-bond donors (Lipinski definition) is 0. The van der Waals surface area contributed by atoms with E-state index in [-0.39, 0.29) is 16.6 Å². The first kappa shape index (κ1) is 25.9. The molecule has 1 heterocycles. The van der Waals surface area contributed by atoms with Gasteiger partial charge in [0.05, 0.1) is 0 Å². The van der Waals surface area contributed by atoms with Gasteiger partial charge in [-0.2, -0.15) is 0 Å². The van der Waals surface area contributed by atoms with E-state index in [9.17, 15) is 4.79 Å². The number of carbonyl (C=O) groups excluding carboxylic acids is 1. The minimum atomic E-state index is 0.108. The van der Waals surface area contributed by atoms with Crippen molar-refractivity contribution >= 4 is 17.9 Å². The average Bonchev–Trinajstić information content (AvgIpc) is 2.82. The standard InChI is InChI=1S/C34H39NO/c1-33(2,3)30-16-12-25(13-17-30)20-28-23-35(22-27-10-8-7-9-11-27)24-29(32(28)36)21-26-14-18-31(19-15-26)34(4,5)6/h7-21H,22-24H2,1-6H3/b28-20-,29-21+. The lowest BCUT2D eigenvalue weighted by Crippen LogP contribution is -2.37. The molecule has 0 unspecified atom stereocenters. The van der Waals surface area contributed by atoms with Crippen molar-refractivity contribution in [2.45, 2.75) is 58.9 Å². The van der Waals surface area contributed by atoms with E-state index in [4.69, 9.17) is 0 Å². The summed E-state index contributed by atoms with van der Waals surface area (Å²) in [6.45, 7) is 15.4. The molecule has 1 aliphatic rings. The third kappa shape index (κ3) is 6.50. The number of piperidine rings is 1. The molecule has 3 aromatic carbocycles. The Hall–Kier alpha value is -3.23. The highest BCUT2D eigenvalue weighted by atomic mass is 16.1. The van der Waals surface area contributed by atoms with Crippen LogP contribution in [0.3, 0.4) is 0 Å². The molecular formula is C34H39NO. The van der Waals surface area contributed by atoms with Gasteiger partial charge in [-0.15, -0.1) is 0 Å². The van der Waals surface area contributed by atoms with Crippen LogP contribution in [-0.2, 0) is 22.2 Å². The SMILES string of the molecule is CC(C)(C)c1ccc(/C=C2/CN(Cc3ccccc3)C/C(=C\c3ccc(C(C)(C)C)cc3)C2=O)cc1. The number of nitrogens with zero attached hydrogens (tertiary/aromatic N) is 1. The van der Waals surface area contributed by atoms with Crippen molar-refractivity contribution in [3.8, 4) is 0 Å². The molecule has 0 saturated carbocycles. The fraction of sp³-hybridized carbons (Fsp3) is 0.324. The van der Waals surface area contributed by atoms with Crippen LogP contribution >= 0.6 is 0 Å². The highest BCUT2D eigenvalue weighted by molar-refractivity contribution is 6.14. The predicted octanol–water partition coefficient (Wildman–Crippen LogP) is 7.83. The zero-order valence-electron chi connectivity index (χ0n) is 22.6. The summed E-state index contributed by atoms with van der Waals surface area (Å²) in [7, 11) is 0. The molecule has 36 heavy (non-hydrogen) atoms. The summed E-state index contributed by atoms with van der Waals surface area (Å²) < 4.78 is 0. The van der Waals surface area contributed by atoms with E-state index in [0.29, 0.717) is 13.1 Å². The molecule has 0 amide bonds. The summed E-state index contributed by atoms with van der Waals surface area (Å²) in [5.74, 6) is 0.152. The highest BCUT2D eigenvalue weighted by Gasteiger charge is 2.26. The minimum Gasteiger partial charge on any atom is -0.290 e. The van der Waals surface area contributed by atoms with Gasteiger partial charge < -0.3 is 0 Å². The first-order valence-corrected chi connectivity index (χ1v) is 12.9. The van der Waals surface area contributed by atoms with Crippen molar-refractivity contribution in [3.63, 3.8) is 0 Å². The molecule has 0 bridgehead atoms. The first-order chi connectivity index (χ1) is 17.0. The Morgan fingerprint density at radius 3 is 1.44 bits per heavy atom. The lowest BCUT2D eigenvalue weighted by Gasteiger charge is -2.30. The largest absolute Gasteiger partial charge is 0.290 e. The second-order valence-corrected chi connectivity index (χ2v) is 12.0. The van der Waals surface area contributed by atoms with Crippen molar-refractivity contribution in [1.82, 2.24) is 4.90 Å². The highest BCUT2D eigenvalue weighted by Crippen LogP contribution is 2.27. The van der Waals surface area contributed by atoms with Gasteiger partial charge in [0.2, 0.25) is 0 Å². The summed E-state index contributed by atoms with van der Waals surface area (Å²) in [6, 6.07) is 27.7. The van der Waals surface area contributed by atoms with E-state index in [1.165, 1.54) is 16.7 Å². The Kier molecular flexibility index (Phi) is 7.47. The monoisotopic (exact) mass is 477 g/mol. The lowest BCUT2D eigenvalue weighted by atomic mass is 9.86. The quantitative estimate of drug-likeness (QED) is 0.357. The van der Waals surface area contributed by atoms with E-state index in [1.54, 1.807) is 0 Å². The van der Waals surface area contributed by atoms with Crippen LogP contribution in [0.15, 0.2) is 90.0 Å². The van der Waals surface area contributed by atoms with Crippen LogP contribution < -0.4 is 0 Å². The molecule has 4 rings (SSSR count). The number of benzene rings is 3. The predicted molar refractivity (Wildman–Crippen MR) is 153 cm³/mol. The summed E-state index contributed by atoms with van der Waals surface area (Å²) in [5, 5.41) is 0. The second-order valence-electron chi connectivity index (χ2n) is 12.0. The van der Waals surface area contributed by atoms with Crippen LogP contribution in [0.25, 0.3) is 12.2 Å². The Balaban J connectivity index is 1.66. The molecule has 0 aromatic heterocycles. The van der Waals surface area contributed by atoms with Crippen LogP contribution in [0.2, 0.25) is 0 Å². The smallest absolute Gasteiger partial charge is 0.187 e. The molecule has 3 aromatic rings. The minimum absolute atomic E-state index is 0.108. The van der Waals surface area contributed by atoms with E-state index in [0.717, 1.165) is 28.8 Å². The third-order valence-corrected chi connectivity index (χ3v) is 6.86. The van der Waals surface area contributed by atoms with E-state index < -0.39 is 0 Å². The maximum Gasteiger partial charge on any atom is 0.187 e. The number of likely N-dealkylation sites (tertiary alicyclic amines) is 1. The Bertz CT molecular complexity index is 1170. The molecule has 0 N–H and O–H groups in total. The van der Waals surface area contributed by atoms with Crippen LogP contribution in [0, 0.1) is 0 Å². The fourth-order valence-electron chi connectivity index (χ4n) is 4.62. The van der Waals surface area contributed by atoms with Crippen LogP contribution in [-0.4, -0.2) is 23.8 Å². The second kappa shape index (κ2) is 10.4. The molecule has 2 nitrogen and oxygen atoms in total. The van der Waals surface area contributed by atoms with Crippen molar-refractivity contribution in [3.05, 3.63) is 118 Å². The summed E-state index contributed by atoms with van der Waals surface area (Å²) in [5.41, 5.74) is 7.90. The van der Waals surface area contributed by atoms with Gasteiger partial charge >= 0.3 is 0 Å². The van der Waals surface area contributed by atoms with Crippen LogP contribution in [0.5, 0.6) is 0 Å². The molecule has 186 valence electrons. The first-order valence-electron chi connectivity index (χ1n) is 12.9. The molecular weight excluding hydrogens is 438 g/mol. The van der Waals surface area contributed by atoms with Gasteiger partial charge in [0.25, 0.3) is 0 Å². The number of carbonyl (C=O) groups is 1. The maximum absolute atomic E-state index is 13.6. The zero-order chi connectivity index (χ0) is 25.9. The topological polar surface area (TPSA) is 20.3 Å². The van der Waals surface area contributed by atoms with Gasteiger partial charge in [-0.1, -0.05) is 120 Å². The summed E-state index contributed by atoms with van der Waals surface area (Å²) >= 11 is 0. The Morgan fingerprint density at radius 2 is 1.06 bits per heavy atom. The average molecular weight is 478 g/mol. The van der Waals surface area contributed by atoms with Crippen molar-refractivity contribution in [2.75, 3.05) is 13.1 Å². The lowest BCUT2D eigenvalue weighted by molar-refractivity contribution is -0.113. The molecule has 0 spiro atoms. The summed E-state index contributed by atoms with van der Waals surface area (Å²) in [4.78, 5) is 16.0. The van der Waals surface area contributed by atoms with E-state index in [1.807, 2.05) is 6.07 Å². The third-order valence-electron chi connectivity index (χ3n) is 6.86. The molecule has 0 aliphatic carbocycles. The molecule has 1 saturated heterocycles. The van der Waals surface area contributed by atoms with Crippen LogP contribution in [0.4, 0.5) is 0 Å². The molecule has 0 atom stereocenters. The van der Waals surface area contributed by atoms with E-state index >= 15 is 0 Å². The van der Waals surface area contributed by atoms with Gasteiger partial charge in [0.1, 0.15) is 0 Å². The van der Waals surface area contributed by atoms with Crippen LogP contribution in [0.1, 0.15) is 69.4 Å². The fourth-order valence-corrected chi connectivity index (χ4v) is 4.62. The number of rotatable bonds is 4. The Morgan fingerprint density at radius 1 is 0.639 bits per heavy atom. The van der Waals surface area contributed by atoms with Crippen molar-refractivity contribution in [2.24, 2.45) is 0 Å². The number of ketones is 1. The normalized spacial score (nSPS) is 17.7. The zero-order valence-corrected chi connectivity index (χ0v) is 22.6. The van der Waals surface area contributed by atoms with Gasteiger partial charge in [-0.25, -0.2) is 0 Å². The van der Waals surface area contributed by atoms with Gasteiger partial charge in [0, 0.05) is 30.8 Å².